The zero-order chi connectivity index (χ0) is 13.1. The molecule has 18 heavy (non-hydrogen) atoms. The molecule has 0 aliphatic rings. The highest BCUT2D eigenvalue weighted by molar-refractivity contribution is 5.98. The number of Topliss-reactive ketones (excluding diaryl/α,β-unsaturated/α-hetero) is 1. The van der Waals surface area contributed by atoms with Gasteiger partial charge in [-0.3, -0.25) is 4.79 Å². The lowest BCUT2D eigenvalue weighted by molar-refractivity contribution is 0.0981. The summed E-state index contributed by atoms with van der Waals surface area (Å²) in [5.74, 6) is 1.03. The fourth-order valence-electron chi connectivity index (χ4n) is 1.95. The molecule has 0 aliphatic heterocycles. The summed E-state index contributed by atoms with van der Waals surface area (Å²) in [6.07, 6.45) is 4.73. The molecule has 2 N–H and O–H groups in total. The topological polar surface area (TPSA) is 60.9 Å². The van der Waals surface area contributed by atoms with Crippen molar-refractivity contribution in [3.05, 3.63) is 47.5 Å². The summed E-state index contributed by atoms with van der Waals surface area (Å²) in [5, 5.41) is 0. The monoisotopic (exact) mass is 243 g/mol. The SMILES string of the molecule is Cc1c(N)cccc1C(=O)CCc1nccn1C. The second-order valence-electron chi connectivity index (χ2n) is 4.40. The lowest BCUT2D eigenvalue weighted by Crippen LogP contribution is -2.07. The standard InChI is InChI=1S/C14H17N3O/c1-10-11(4-3-5-12(10)15)13(18)6-7-14-16-8-9-17(14)2/h3-5,8-9H,6-7,15H2,1-2H3. The fourth-order valence-corrected chi connectivity index (χ4v) is 1.95. The molecular formula is C14H17N3O. The van der Waals surface area contributed by atoms with Crippen LogP contribution in [0.4, 0.5) is 5.69 Å². The number of ketones is 1. The molecule has 0 spiro atoms. The van der Waals surface area contributed by atoms with Gasteiger partial charge in [-0.05, 0) is 18.6 Å². The predicted molar refractivity (Wildman–Crippen MR) is 71.5 cm³/mol. The number of imidazole rings is 1. The van der Waals surface area contributed by atoms with E-state index in [0.717, 1.165) is 11.4 Å². The van der Waals surface area contributed by atoms with Crippen molar-refractivity contribution < 1.29 is 4.79 Å². The lowest BCUT2D eigenvalue weighted by Gasteiger charge is -2.07. The Hall–Kier alpha value is -2.10. The molecule has 2 aromatic rings. The number of aryl methyl sites for hydroxylation is 2. The highest BCUT2D eigenvalue weighted by Gasteiger charge is 2.11. The van der Waals surface area contributed by atoms with Gasteiger partial charge in [-0.25, -0.2) is 4.98 Å². The first kappa shape index (κ1) is 12.4. The van der Waals surface area contributed by atoms with E-state index in [2.05, 4.69) is 4.98 Å². The number of carbonyl (C=O) groups is 1. The first-order chi connectivity index (χ1) is 8.59. The Morgan fingerprint density at radius 3 is 2.89 bits per heavy atom. The Kier molecular flexibility index (Phi) is 3.46. The zero-order valence-electron chi connectivity index (χ0n) is 10.7. The Morgan fingerprint density at radius 1 is 1.44 bits per heavy atom. The number of anilines is 1. The van der Waals surface area contributed by atoms with Crippen LogP contribution < -0.4 is 5.73 Å². The van der Waals surface area contributed by atoms with E-state index in [9.17, 15) is 4.79 Å². The molecule has 0 unspecified atom stereocenters. The van der Waals surface area contributed by atoms with Gasteiger partial charge in [0.15, 0.2) is 5.78 Å². The van der Waals surface area contributed by atoms with Crippen LogP contribution in [0.15, 0.2) is 30.6 Å². The summed E-state index contributed by atoms with van der Waals surface area (Å²) < 4.78 is 1.93. The van der Waals surface area contributed by atoms with Crippen LogP contribution in [0.1, 0.15) is 28.2 Å². The van der Waals surface area contributed by atoms with Crippen molar-refractivity contribution in [3.63, 3.8) is 0 Å². The molecule has 4 nitrogen and oxygen atoms in total. The van der Waals surface area contributed by atoms with Gasteiger partial charge in [-0.1, -0.05) is 12.1 Å². The van der Waals surface area contributed by atoms with Crippen molar-refractivity contribution in [2.75, 3.05) is 5.73 Å². The zero-order valence-corrected chi connectivity index (χ0v) is 10.7. The highest BCUT2D eigenvalue weighted by atomic mass is 16.1. The Bertz CT molecular complexity index is 572. The van der Waals surface area contributed by atoms with E-state index in [0.29, 0.717) is 24.1 Å². The van der Waals surface area contributed by atoms with E-state index in [-0.39, 0.29) is 5.78 Å². The van der Waals surface area contributed by atoms with Crippen LogP contribution in [0, 0.1) is 6.92 Å². The summed E-state index contributed by atoms with van der Waals surface area (Å²) in [4.78, 5) is 16.3. The molecule has 0 amide bonds. The van der Waals surface area contributed by atoms with Gasteiger partial charge < -0.3 is 10.3 Å². The molecule has 2 rings (SSSR count). The van der Waals surface area contributed by atoms with Crippen LogP contribution in [-0.2, 0) is 13.5 Å². The molecule has 94 valence electrons. The molecule has 0 radical (unpaired) electrons. The average Bonchev–Trinajstić information content (AvgIpc) is 2.75. The minimum atomic E-state index is 0.114. The Balaban J connectivity index is 2.09. The van der Waals surface area contributed by atoms with Crippen molar-refractivity contribution >= 4 is 11.5 Å². The van der Waals surface area contributed by atoms with Crippen molar-refractivity contribution in [1.82, 2.24) is 9.55 Å². The summed E-state index contributed by atoms with van der Waals surface area (Å²) in [7, 11) is 1.93. The van der Waals surface area contributed by atoms with Crippen LogP contribution >= 0.6 is 0 Å². The number of hydrogen-bond acceptors (Lipinski definition) is 3. The maximum atomic E-state index is 12.1. The molecule has 1 aromatic carbocycles. The smallest absolute Gasteiger partial charge is 0.163 e. The van der Waals surface area contributed by atoms with Crippen molar-refractivity contribution in [2.45, 2.75) is 19.8 Å². The number of carbonyl (C=O) groups excluding carboxylic acids is 1. The maximum absolute atomic E-state index is 12.1. The fraction of sp³-hybridized carbons (Fsp3) is 0.286. The van der Waals surface area contributed by atoms with E-state index in [1.54, 1.807) is 6.20 Å². The van der Waals surface area contributed by atoms with Gasteiger partial charge >= 0.3 is 0 Å². The molecule has 1 aromatic heterocycles. The minimum absolute atomic E-state index is 0.114. The number of nitrogens with zero attached hydrogens (tertiary/aromatic N) is 2. The van der Waals surface area contributed by atoms with E-state index < -0.39 is 0 Å². The lowest BCUT2D eigenvalue weighted by atomic mass is 10.00. The van der Waals surface area contributed by atoms with Crippen molar-refractivity contribution in [2.24, 2.45) is 7.05 Å². The predicted octanol–water partition coefficient (Wildman–Crippen LogP) is 2.13. The molecule has 0 aliphatic carbocycles. The number of nitrogens with two attached hydrogens (primary N) is 1. The number of hydrogen-bond donors (Lipinski definition) is 1. The number of nitrogen functional groups attached to an aromatic ring is 1. The van der Waals surface area contributed by atoms with Gasteiger partial charge in [0, 0.05) is 43.5 Å². The molecule has 4 heteroatoms. The highest BCUT2D eigenvalue weighted by Crippen LogP contribution is 2.17. The van der Waals surface area contributed by atoms with Gasteiger partial charge in [-0.2, -0.15) is 0 Å². The van der Waals surface area contributed by atoms with E-state index in [1.807, 2.05) is 42.9 Å². The molecule has 0 bridgehead atoms. The average molecular weight is 243 g/mol. The Labute approximate surface area is 106 Å². The van der Waals surface area contributed by atoms with Crippen LogP contribution in [-0.4, -0.2) is 15.3 Å². The maximum Gasteiger partial charge on any atom is 0.163 e. The summed E-state index contributed by atoms with van der Waals surface area (Å²) in [6.45, 7) is 1.88. The van der Waals surface area contributed by atoms with Crippen molar-refractivity contribution in [1.29, 1.82) is 0 Å². The first-order valence-electron chi connectivity index (χ1n) is 5.94. The summed E-state index contributed by atoms with van der Waals surface area (Å²) in [5.41, 5.74) is 8.04. The van der Waals surface area contributed by atoms with Gasteiger partial charge in [0.05, 0.1) is 0 Å². The summed E-state index contributed by atoms with van der Waals surface area (Å²) >= 11 is 0. The molecule has 0 fully saturated rings. The second-order valence-corrected chi connectivity index (χ2v) is 4.40. The molecule has 1 heterocycles. The van der Waals surface area contributed by atoms with Gasteiger partial charge in [0.2, 0.25) is 0 Å². The summed E-state index contributed by atoms with van der Waals surface area (Å²) in [6, 6.07) is 5.45. The van der Waals surface area contributed by atoms with Gasteiger partial charge in [-0.15, -0.1) is 0 Å². The van der Waals surface area contributed by atoms with Crippen LogP contribution in [0.2, 0.25) is 0 Å². The number of benzene rings is 1. The normalized spacial score (nSPS) is 10.6. The third-order valence-electron chi connectivity index (χ3n) is 3.17. The molecule has 0 atom stereocenters. The molecular weight excluding hydrogens is 226 g/mol. The number of rotatable bonds is 4. The van der Waals surface area contributed by atoms with E-state index in [4.69, 9.17) is 5.73 Å². The van der Waals surface area contributed by atoms with E-state index in [1.165, 1.54) is 0 Å². The first-order valence-corrected chi connectivity index (χ1v) is 5.94. The van der Waals surface area contributed by atoms with Crippen LogP contribution in [0.25, 0.3) is 0 Å². The van der Waals surface area contributed by atoms with Gasteiger partial charge in [0.1, 0.15) is 5.82 Å². The van der Waals surface area contributed by atoms with Crippen molar-refractivity contribution in [3.8, 4) is 0 Å². The quantitative estimate of drug-likeness (QED) is 0.661. The van der Waals surface area contributed by atoms with Gasteiger partial charge in [0.25, 0.3) is 0 Å². The largest absolute Gasteiger partial charge is 0.398 e. The molecule has 0 saturated heterocycles. The third kappa shape index (κ3) is 2.42. The number of aromatic nitrogens is 2. The second kappa shape index (κ2) is 5.04. The third-order valence-corrected chi connectivity index (χ3v) is 3.17. The minimum Gasteiger partial charge on any atom is -0.398 e. The molecule has 0 saturated carbocycles. The van der Waals surface area contributed by atoms with Crippen LogP contribution in [0.5, 0.6) is 0 Å². The Morgan fingerprint density at radius 2 is 2.22 bits per heavy atom. The van der Waals surface area contributed by atoms with Crippen LogP contribution in [0.3, 0.4) is 0 Å². The van der Waals surface area contributed by atoms with E-state index >= 15 is 0 Å².